The molecule has 0 aliphatic heterocycles. The van der Waals surface area contributed by atoms with Gasteiger partial charge < -0.3 is 38.2 Å². The quantitative estimate of drug-likeness (QED) is 0.0307. The van der Waals surface area contributed by atoms with Crippen molar-refractivity contribution in [3.63, 3.8) is 0 Å². The van der Waals surface area contributed by atoms with Crippen LogP contribution in [0.1, 0.15) is 49.9 Å². The number of rotatable bonds is 25. The molecule has 0 aromatic heterocycles. The molecule has 0 radical (unpaired) electrons. The Hall–Kier alpha value is -8.64. The number of carbonyl (C=O) groups is 4. The van der Waals surface area contributed by atoms with Gasteiger partial charge in [0.05, 0.1) is 52.0 Å². The highest BCUT2D eigenvalue weighted by molar-refractivity contribution is 5.89. The molecular weight excluding hydrogens is 933 g/mol. The summed E-state index contributed by atoms with van der Waals surface area (Å²) in [4.78, 5) is 52.3. The molecule has 0 atom stereocenters. The predicted octanol–water partition coefficient (Wildman–Crippen LogP) is 13.0. The number of hydrogen-bond donors (Lipinski definition) is 0. The van der Waals surface area contributed by atoms with Gasteiger partial charge in [0.15, 0.2) is 0 Å². The number of esters is 4. The van der Waals surface area contributed by atoms with Crippen molar-refractivity contribution < 1.29 is 47.6 Å². The minimum atomic E-state index is -0.419. The maximum atomic E-state index is 12.0. The van der Waals surface area contributed by atoms with Crippen LogP contribution in [0.4, 0.5) is 34.1 Å². The molecule has 0 aliphatic carbocycles. The summed E-state index contributed by atoms with van der Waals surface area (Å²) >= 11 is 0. The van der Waals surface area contributed by atoms with E-state index >= 15 is 0 Å². The van der Waals surface area contributed by atoms with Crippen LogP contribution in [0.25, 0.3) is 11.1 Å². The average Bonchev–Trinajstić information content (AvgIpc) is 3.40. The van der Waals surface area contributed by atoms with Gasteiger partial charge in [0.25, 0.3) is 0 Å². The fourth-order valence-corrected chi connectivity index (χ4v) is 7.72. The number of anilines is 6. The first-order valence-corrected chi connectivity index (χ1v) is 24.2. The van der Waals surface area contributed by atoms with E-state index in [0.29, 0.717) is 59.5 Å². The van der Waals surface area contributed by atoms with Crippen molar-refractivity contribution in [1.29, 1.82) is 0 Å². The lowest BCUT2D eigenvalue weighted by molar-refractivity contribution is -0.139. The molecule has 0 N–H and O–H groups in total. The Morgan fingerprint density at radius 1 is 0.365 bits per heavy atom. The van der Waals surface area contributed by atoms with Gasteiger partial charge in [0, 0.05) is 70.7 Å². The van der Waals surface area contributed by atoms with Crippen LogP contribution in [0.2, 0.25) is 0 Å². The van der Waals surface area contributed by atoms with Crippen molar-refractivity contribution in [2.75, 3.05) is 50.4 Å². The number of nitrogens with zero attached hydrogens (tertiary/aromatic N) is 2. The summed E-state index contributed by atoms with van der Waals surface area (Å²) < 4.78 is 33.8. The molecule has 0 amide bonds. The van der Waals surface area contributed by atoms with E-state index in [1.165, 1.54) is 0 Å². The minimum absolute atomic E-state index is 0.229. The van der Waals surface area contributed by atoms with Crippen LogP contribution in [0.15, 0.2) is 182 Å². The minimum Gasteiger partial charge on any atom is -0.495 e. The van der Waals surface area contributed by atoms with Gasteiger partial charge in [-0.1, -0.05) is 87.0 Å². The molecule has 6 rings (SSSR count). The molecule has 0 aliphatic rings. The zero-order valence-corrected chi connectivity index (χ0v) is 43.2. The average molecular weight is 997 g/mol. The molecule has 12 heteroatoms. The number of methoxy groups -OCH3 is 2. The number of carbonyl (C=O) groups excluding carboxylic acids is 4. The zero-order valence-electron chi connectivity index (χ0n) is 43.2. The van der Waals surface area contributed by atoms with Gasteiger partial charge in [0.1, 0.15) is 11.5 Å². The fourth-order valence-electron chi connectivity index (χ4n) is 7.72. The molecule has 0 saturated heterocycles. The zero-order chi connectivity index (χ0) is 53.3. The van der Waals surface area contributed by atoms with Crippen molar-refractivity contribution in [1.82, 2.24) is 0 Å². The first-order valence-electron chi connectivity index (χ1n) is 24.2. The van der Waals surface area contributed by atoms with Gasteiger partial charge in [-0.25, -0.2) is 19.2 Å². The third kappa shape index (κ3) is 14.7. The molecule has 12 nitrogen and oxygen atoms in total. The maximum absolute atomic E-state index is 12.0. The topological polar surface area (TPSA) is 130 Å². The van der Waals surface area contributed by atoms with Crippen LogP contribution in [-0.4, -0.2) is 64.5 Å². The van der Waals surface area contributed by atoms with Crippen molar-refractivity contribution in [3.8, 4) is 22.6 Å². The summed E-state index contributed by atoms with van der Waals surface area (Å²) in [5, 5.41) is 0. The SMILES string of the molecule is C=C(C)C(=O)OCCc1ccc(N(c2ccc(CCOC(=O)C(=C)C)cc2)c2ccc(-c3ccc(N(c4ccc(CCOC(=O)C(=C)C)cc4)c4ccc(CCOC(=O)C(=C)C)cc4)c(OC)c3)cc2OC)cc1. The van der Waals surface area contributed by atoms with E-state index in [0.717, 1.165) is 67.5 Å². The van der Waals surface area contributed by atoms with Crippen LogP contribution in [0.5, 0.6) is 11.5 Å². The van der Waals surface area contributed by atoms with Crippen molar-refractivity contribution >= 4 is 58.0 Å². The number of ether oxygens (including phenoxy) is 6. The van der Waals surface area contributed by atoms with Gasteiger partial charge >= 0.3 is 23.9 Å². The van der Waals surface area contributed by atoms with Crippen LogP contribution in [0, 0.1) is 0 Å². The lowest BCUT2D eigenvalue weighted by Crippen LogP contribution is -2.12. The smallest absolute Gasteiger partial charge is 0.333 e. The highest BCUT2D eigenvalue weighted by atomic mass is 16.5. The van der Waals surface area contributed by atoms with Crippen LogP contribution in [0.3, 0.4) is 0 Å². The van der Waals surface area contributed by atoms with E-state index in [9.17, 15) is 19.2 Å². The Bertz CT molecular complexity index is 2640. The lowest BCUT2D eigenvalue weighted by Gasteiger charge is -2.28. The van der Waals surface area contributed by atoms with Gasteiger partial charge in [-0.05, 0) is 134 Å². The molecule has 0 fully saturated rings. The Labute approximate surface area is 434 Å². The van der Waals surface area contributed by atoms with E-state index in [4.69, 9.17) is 28.4 Å². The van der Waals surface area contributed by atoms with Crippen molar-refractivity contribution in [2.45, 2.75) is 53.4 Å². The third-order valence-corrected chi connectivity index (χ3v) is 11.8. The summed E-state index contributed by atoms with van der Waals surface area (Å²) in [6.07, 6.45) is 2.14. The van der Waals surface area contributed by atoms with Crippen LogP contribution < -0.4 is 19.3 Å². The summed E-state index contributed by atoms with van der Waals surface area (Å²) in [7, 11) is 3.29. The molecule has 0 unspecified atom stereocenters. The Kier molecular flexibility index (Phi) is 19.3. The van der Waals surface area contributed by atoms with Crippen molar-refractivity contribution in [3.05, 3.63) is 204 Å². The normalized spacial score (nSPS) is 10.6. The summed E-state index contributed by atoms with van der Waals surface area (Å²) in [5.41, 5.74) is 12.2. The fraction of sp³-hybridized carbons (Fsp3) is 0.226. The second-order valence-corrected chi connectivity index (χ2v) is 17.8. The lowest BCUT2D eigenvalue weighted by atomic mass is 10.0. The van der Waals surface area contributed by atoms with E-state index < -0.39 is 23.9 Å². The molecule has 0 spiro atoms. The monoisotopic (exact) mass is 996 g/mol. The summed E-state index contributed by atoms with van der Waals surface area (Å²) in [5.74, 6) is -0.448. The van der Waals surface area contributed by atoms with Gasteiger partial charge in [-0.2, -0.15) is 0 Å². The predicted molar refractivity (Wildman–Crippen MR) is 292 cm³/mol. The van der Waals surface area contributed by atoms with E-state index in [2.05, 4.69) is 36.1 Å². The second-order valence-electron chi connectivity index (χ2n) is 17.8. The van der Waals surface area contributed by atoms with Gasteiger partial charge in [-0.3, -0.25) is 0 Å². The molecule has 0 bridgehead atoms. The molecule has 6 aromatic carbocycles. The van der Waals surface area contributed by atoms with Gasteiger partial charge in [-0.15, -0.1) is 0 Å². The van der Waals surface area contributed by atoms with Gasteiger partial charge in [0.2, 0.25) is 0 Å². The highest BCUT2D eigenvalue weighted by Crippen LogP contribution is 2.45. The van der Waals surface area contributed by atoms with Crippen LogP contribution in [-0.2, 0) is 63.8 Å². The third-order valence-electron chi connectivity index (χ3n) is 11.8. The Morgan fingerprint density at radius 2 is 0.595 bits per heavy atom. The summed E-state index contributed by atoms with van der Waals surface area (Å²) in [6.45, 7) is 22.1. The standard InChI is InChI=1S/C62H64N2O10/c1-41(2)59(65)71-35-31-45-11-21-51(22-12-45)63(52-23-13-46(14-24-52)32-36-72-60(66)42(3)4)55-29-19-49(39-57(55)69-9)50-20-30-56(58(40-50)70-10)64(53-25-15-47(16-26-53)33-37-73-61(67)43(5)6)54-27-17-48(18-28-54)34-38-74-62(68)44(7)8/h11-30,39-40H,1,3,5,7,31-38H2,2,4,6,8-10H3. The molecular formula is C62H64N2O10. The van der Waals surface area contributed by atoms with Crippen LogP contribution >= 0.6 is 0 Å². The second kappa shape index (κ2) is 26.2. The van der Waals surface area contributed by atoms with Crippen molar-refractivity contribution in [2.24, 2.45) is 0 Å². The van der Waals surface area contributed by atoms with E-state index in [-0.39, 0.29) is 26.4 Å². The number of hydrogen-bond acceptors (Lipinski definition) is 12. The molecule has 0 saturated carbocycles. The first kappa shape index (κ1) is 54.7. The molecule has 382 valence electrons. The highest BCUT2D eigenvalue weighted by Gasteiger charge is 2.22. The summed E-state index contributed by atoms with van der Waals surface area (Å²) in [6, 6.07) is 44.4. The Morgan fingerprint density at radius 3 is 0.797 bits per heavy atom. The Balaban J connectivity index is 1.33. The van der Waals surface area contributed by atoms with E-state index in [1.807, 2.05) is 133 Å². The maximum Gasteiger partial charge on any atom is 0.333 e. The molecule has 6 aromatic rings. The number of benzene rings is 6. The molecule has 74 heavy (non-hydrogen) atoms. The molecule has 0 heterocycles. The van der Waals surface area contributed by atoms with E-state index in [1.54, 1.807) is 41.9 Å². The largest absolute Gasteiger partial charge is 0.495 e. The first-order chi connectivity index (χ1) is 35.6.